The van der Waals surface area contributed by atoms with E-state index in [1.54, 1.807) is 11.3 Å². The van der Waals surface area contributed by atoms with E-state index in [0.29, 0.717) is 5.82 Å². The third-order valence-electron chi connectivity index (χ3n) is 7.20. The fraction of sp³-hybridized carbons (Fsp3) is 0.0769. The fourth-order valence-electron chi connectivity index (χ4n) is 4.97. The molecule has 0 fully saturated rings. The lowest BCUT2D eigenvalue weighted by molar-refractivity contribution is 1.18. The average molecular weight is 563 g/mol. The van der Waals surface area contributed by atoms with Crippen molar-refractivity contribution in [2.75, 3.05) is 0 Å². The average Bonchev–Trinajstić information content (AvgIpc) is 3.38. The number of hydrogen-bond acceptors (Lipinski definition) is 3. The van der Waals surface area contributed by atoms with Gasteiger partial charge in [-0.05, 0) is 72.4 Å². The van der Waals surface area contributed by atoms with Crippen molar-refractivity contribution in [2.45, 2.75) is 20.8 Å². The first-order valence-corrected chi connectivity index (χ1v) is 14.8. The summed E-state index contributed by atoms with van der Waals surface area (Å²) in [7, 11) is 0. The van der Waals surface area contributed by atoms with Gasteiger partial charge in [0.2, 0.25) is 0 Å². The molecule has 3 aromatic carbocycles. The highest BCUT2D eigenvalue weighted by molar-refractivity contribution is 7.20. The molecule has 2 aromatic heterocycles. The van der Waals surface area contributed by atoms with Crippen LogP contribution in [0.25, 0.3) is 61.5 Å². The quantitative estimate of drug-likeness (QED) is 0.167. The van der Waals surface area contributed by atoms with Gasteiger partial charge in [-0.2, -0.15) is 0 Å². The maximum atomic E-state index is 5.12. The molecule has 0 aliphatic rings. The van der Waals surface area contributed by atoms with Gasteiger partial charge in [-0.1, -0.05) is 117 Å². The van der Waals surface area contributed by atoms with Crippen molar-refractivity contribution in [1.29, 1.82) is 0 Å². The highest BCUT2D eigenvalue weighted by atomic mass is 32.1. The largest absolute Gasteiger partial charge is 0.226 e. The monoisotopic (exact) mass is 562 g/mol. The van der Waals surface area contributed by atoms with Gasteiger partial charge in [-0.25, -0.2) is 9.97 Å². The molecule has 0 N–H and O–H groups in total. The van der Waals surface area contributed by atoms with Crippen LogP contribution in [0.4, 0.5) is 0 Å². The van der Waals surface area contributed by atoms with E-state index in [1.807, 2.05) is 37.3 Å². The summed E-state index contributed by atoms with van der Waals surface area (Å²) in [6.07, 6.45) is 12.0. The van der Waals surface area contributed by atoms with E-state index in [-0.39, 0.29) is 0 Å². The van der Waals surface area contributed by atoms with Crippen LogP contribution in [-0.2, 0) is 0 Å². The van der Waals surface area contributed by atoms with E-state index in [2.05, 4.69) is 119 Å². The smallest absolute Gasteiger partial charge is 0.159 e. The Kier molecular flexibility index (Phi) is 8.71. The molecule has 0 aliphatic carbocycles. The Hall–Kier alpha value is -4.86. The summed E-state index contributed by atoms with van der Waals surface area (Å²) in [5, 5.41) is 0. The van der Waals surface area contributed by atoms with Gasteiger partial charge >= 0.3 is 0 Å². The first-order valence-electron chi connectivity index (χ1n) is 14.0. The molecule has 42 heavy (non-hydrogen) atoms. The van der Waals surface area contributed by atoms with E-state index >= 15 is 0 Å². The molecule has 0 amide bonds. The lowest BCUT2D eigenvalue weighted by Crippen LogP contribution is -1.97. The van der Waals surface area contributed by atoms with Gasteiger partial charge in [-0.15, -0.1) is 11.3 Å². The highest BCUT2D eigenvalue weighted by Crippen LogP contribution is 2.39. The van der Waals surface area contributed by atoms with Crippen LogP contribution >= 0.6 is 11.3 Å². The topological polar surface area (TPSA) is 25.8 Å². The van der Waals surface area contributed by atoms with Crippen LogP contribution in [0.2, 0.25) is 0 Å². The van der Waals surface area contributed by atoms with Gasteiger partial charge in [0.15, 0.2) is 5.82 Å². The third-order valence-corrected chi connectivity index (χ3v) is 8.37. The number of aromatic nitrogens is 2. The third kappa shape index (κ3) is 5.93. The summed E-state index contributed by atoms with van der Waals surface area (Å²) in [6.45, 7) is 18.6. The molecule has 0 unspecified atom stereocenters. The van der Waals surface area contributed by atoms with Crippen molar-refractivity contribution in [2.24, 2.45) is 0 Å². The van der Waals surface area contributed by atoms with Crippen molar-refractivity contribution < 1.29 is 0 Å². The van der Waals surface area contributed by atoms with Gasteiger partial charge in [0.25, 0.3) is 0 Å². The van der Waals surface area contributed by atoms with Gasteiger partial charge in [0, 0.05) is 21.6 Å². The summed E-state index contributed by atoms with van der Waals surface area (Å²) >= 11 is 1.69. The zero-order chi connectivity index (χ0) is 29.6. The number of fused-ring (bicyclic) bond motifs is 1. The lowest BCUT2D eigenvalue weighted by atomic mass is 9.99. The van der Waals surface area contributed by atoms with Crippen molar-refractivity contribution in [3.63, 3.8) is 0 Å². The molecule has 5 rings (SSSR count). The molecular weight excluding hydrogens is 529 g/mol. The molecule has 2 heterocycles. The van der Waals surface area contributed by atoms with Crippen LogP contribution in [0.15, 0.2) is 123 Å². The molecule has 206 valence electrons. The normalized spacial score (nSPS) is 12.2. The number of thiophene rings is 1. The van der Waals surface area contributed by atoms with Gasteiger partial charge in [0.1, 0.15) is 0 Å². The fourth-order valence-corrected chi connectivity index (χ4v) is 6.19. The summed E-state index contributed by atoms with van der Waals surface area (Å²) in [5.74, 6) is 0.607. The molecule has 0 radical (unpaired) electrons. The van der Waals surface area contributed by atoms with Crippen molar-refractivity contribution in [3.05, 3.63) is 150 Å². The molecule has 3 heteroatoms. The zero-order valence-electron chi connectivity index (χ0n) is 24.4. The van der Waals surface area contributed by atoms with Crippen LogP contribution in [0.5, 0.6) is 0 Å². The minimum Gasteiger partial charge on any atom is -0.226 e. The molecule has 0 saturated carbocycles. The minimum absolute atomic E-state index is 0.607. The Morgan fingerprint density at radius 1 is 0.786 bits per heavy atom. The summed E-state index contributed by atoms with van der Waals surface area (Å²) in [5.41, 5.74) is 11.5. The van der Waals surface area contributed by atoms with E-state index in [4.69, 9.17) is 9.97 Å². The summed E-state index contributed by atoms with van der Waals surface area (Å²) < 4.78 is 1.04. The van der Waals surface area contributed by atoms with Crippen molar-refractivity contribution in [3.8, 4) is 22.4 Å². The molecule has 2 nitrogen and oxygen atoms in total. The maximum absolute atomic E-state index is 5.12. The summed E-state index contributed by atoms with van der Waals surface area (Å²) in [6, 6.07) is 27.5. The molecule has 0 bridgehead atoms. The van der Waals surface area contributed by atoms with Crippen LogP contribution < -0.4 is 0 Å². The van der Waals surface area contributed by atoms with Gasteiger partial charge < -0.3 is 0 Å². The van der Waals surface area contributed by atoms with Crippen LogP contribution in [-0.4, -0.2) is 9.97 Å². The van der Waals surface area contributed by atoms with Crippen molar-refractivity contribution in [1.82, 2.24) is 9.97 Å². The standard InChI is InChI=1S/C39H34N2S/c1-7-14-26(4)32-18-13-19-33(25-32)27(5)24-28(6)39-40-36(38-37(41-39)34(9-3)35(42-38)15-8-2)31-22-20-30(21-23-31)29-16-11-10-12-17-29/h7-25H,1,3,6H2,2,4-5H3. The van der Waals surface area contributed by atoms with Gasteiger partial charge in [0.05, 0.1) is 15.9 Å². The molecule has 0 spiro atoms. The Bertz CT molecular complexity index is 1880. The van der Waals surface area contributed by atoms with Crippen molar-refractivity contribution >= 4 is 50.4 Å². The second-order valence-electron chi connectivity index (χ2n) is 10.1. The maximum Gasteiger partial charge on any atom is 0.159 e. The van der Waals surface area contributed by atoms with Gasteiger partial charge in [-0.3, -0.25) is 0 Å². The summed E-state index contributed by atoms with van der Waals surface area (Å²) in [4.78, 5) is 11.3. The van der Waals surface area contributed by atoms with Crippen LogP contribution in [0.1, 0.15) is 48.2 Å². The Morgan fingerprint density at radius 3 is 2.12 bits per heavy atom. The lowest BCUT2D eigenvalue weighted by Gasteiger charge is -2.10. The predicted molar refractivity (Wildman–Crippen MR) is 186 cm³/mol. The van der Waals surface area contributed by atoms with E-state index in [9.17, 15) is 0 Å². The molecule has 0 atom stereocenters. The molecule has 0 saturated heterocycles. The van der Waals surface area contributed by atoms with E-state index in [1.165, 1.54) is 16.7 Å². The first-order chi connectivity index (χ1) is 20.4. The van der Waals surface area contributed by atoms with E-state index < -0.39 is 0 Å². The Morgan fingerprint density at radius 2 is 1.45 bits per heavy atom. The SMILES string of the molecule is C=CC=C(C)c1cccc(C(C)=CC(=C)c2nc(-c3ccc(-c4ccccc4)cc3)c3sc(C=CC)c(C=C)c3n2)c1. The first kappa shape index (κ1) is 28.7. The number of nitrogens with zero attached hydrogens (tertiary/aromatic N) is 2. The second kappa shape index (κ2) is 12.8. The molecule has 5 aromatic rings. The minimum atomic E-state index is 0.607. The number of hydrogen-bond donors (Lipinski definition) is 0. The number of allylic oxidation sites excluding steroid dienone is 7. The number of rotatable bonds is 9. The second-order valence-corrected chi connectivity index (χ2v) is 11.2. The van der Waals surface area contributed by atoms with E-state index in [0.717, 1.165) is 54.2 Å². The highest BCUT2D eigenvalue weighted by Gasteiger charge is 2.18. The van der Waals surface area contributed by atoms with Crippen LogP contribution in [0.3, 0.4) is 0 Å². The number of benzene rings is 3. The Balaban J connectivity index is 1.61. The Labute approximate surface area is 253 Å². The predicted octanol–water partition coefficient (Wildman–Crippen LogP) is 11.4. The van der Waals surface area contributed by atoms with Crippen LogP contribution in [0, 0.1) is 0 Å². The zero-order valence-corrected chi connectivity index (χ0v) is 25.2. The molecule has 0 aliphatic heterocycles. The molecular formula is C39H34N2S.